The van der Waals surface area contributed by atoms with E-state index in [4.69, 9.17) is 0 Å². The van der Waals surface area contributed by atoms with E-state index >= 15 is 0 Å². The van der Waals surface area contributed by atoms with Crippen molar-refractivity contribution in [2.75, 3.05) is 11.9 Å². The number of carbonyl (C=O) groups is 1. The van der Waals surface area contributed by atoms with Crippen LogP contribution in [0.15, 0.2) is 72.8 Å². The third-order valence-corrected chi connectivity index (χ3v) is 5.60. The number of hydrogen-bond donors (Lipinski definition) is 2. The summed E-state index contributed by atoms with van der Waals surface area (Å²) in [6, 6.07) is 19.4. The molecule has 0 bridgehead atoms. The zero-order chi connectivity index (χ0) is 20.7. The smallest absolute Gasteiger partial charge is 0.322 e. The number of benzene rings is 3. The highest BCUT2D eigenvalue weighted by molar-refractivity contribution is 5.91. The van der Waals surface area contributed by atoms with E-state index in [-0.39, 0.29) is 11.5 Å². The van der Waals surface area contributed by atoms with E-state index in [1.165, 1.54) is 24.3 Å². The van der Waals surface area contributed by atoms with Crippen LogP contribution in [0.1, 0.15) is 22.9 Å². The van der Waals surface area contributed by atoms with E-state index in [2.05, 4.69) is 16.4 Å². The molecule has 1 atom stereocenters. The molecule has 0 saturated heterocycles. The first-order chi connectivity index (χ1) is 14.6. The summed E-state index contributed by atoms with van der Waals surface area (Å²) in [4.78, 5) is 18.3. The molecule has 1 aromatic heterocycles. The van der Waals surface area contributed by atoms with Crippen LogP contribution in [0.25, 0.3) is 10.9 Å². The summed E-state index contributed by atoms with van der Waals surface area (Å²) in [7, 11) is 0. The Bertz CT molecular complexity index is 1230. The van der Waals surface area contributed by atoms with Crippen LogP contribution in [0.4, 0.5) is 19.3 Å². The molecule has 5 rings (SSSR count). The van der Waals surface area contributed by atoms with Gasteiger partial charge in [-0.05, 0) is 47.9 Å². The number of H-pyrrole nitrogens is 1. The molecule has 0 unspecified atom stereocenters. The average Bonchev–Trinajstić information content (AvgIpc) is 3.14. The zero-order valence-electron chi connectivity index (χ0n) is 16.0. The molecule has 4 nitrogen and oxygen atoms in total. The molecule has 30 heavy (non-hydrogen) atoms. The summed E-state index contributed by atoms with van der Waals surface area (Å²) in [5.41, 5.74) is 3.95. The number of halogens is 2. The maximum atomic E-state index is 14.1. The largest absolute Gasteiger partial charge is 0.356 e. The molecule has 1 aliphatic rings. The van der Waals surface area contributed by atoms with Crippen LogP contribution in [0.5, 0.6) is 0 Å². The number of hydrogen-bond acceptors (Lipinski definition) is 1. The lowest BCUT2D eigenvalue weighted by Crippen LogP contribution is -2.43. The number of aromatic amines is 1. The van der Waals surface area contributed by atoms with Crippen molar-refractivity contribution in [3.05, 3.63) is 101 Å². The van der Waals surface area contributed by atoms with Gasteiger partial charge in [0.15, 0.2) is 0 Å². The van der Waals surface area contributed by atoms with Gasteiger partial charge in [0.1, 0.15) is 11.6 Å². The van der Waals surface area contributed by atoms with Crippen LogP contribution in [-0.4, -0.2) is 22.5 Å². The second-order valence-electron chi connectivity index (χ2n) is 7.37. The molecule has 3 aromatic carbocycles. The molecule has 2 heterocycles. The average molecular weight is 403 g/mol. The summed E-state index contributed by atoms with van der Waals surface area (Å²) in [5, 5.41) is 3.80. The van der Waals surface area contributed by atoms with Crippen molar-refractivity contribution in [2.24, 2.45) is 0 Å². The van der Waals surface area contributed by atoms with E-state index in [9.17, 15) is 13.6 Å². The second kappa shape index (κ2) is 7.30. The topological polar surface area (TPSA) is 48.1 Å². The van der Waals surface area contributed by atoms with Gasteiger partial charge in [0, 0.05) is 23.1 Å². The number of urea groups is 1. The van der Waals surface area contributed by atoms with Crippen LogP contribution in [0.3, 0.4) is 0 Å². The van der Waals surface area contributed by atoms with Crippen molar-refractivity contribution < 1.29 is 13.6 Å². The van der Waals surface area contributed by atoms with Crippen LogP contribution >= 0.6 is 0 Å². The molecular weight excluding hydrogens is 384 g/mol. The van der Waals surface area contributed by atoms with E-state index in [0.29, 0.717) is 13.0 Å². The minimum atomic E-state index is -0.493. The Morgan fingerprint density at radius 1 is 0.967 bits per heavy atom. The van der Waals surface area contributed by atoms with Crippen molar-refractivity contribution >= 4 is 22.6 Å². The first-order valence-corrected chi connectivity index (χ1v) is 9.79. The predicted molar refractivity (Wildman–Crippen MR) is 112 cm³/mol. The molecular formula is C24H19F2N3O. The van der Waals surface area contributed by atoms with Crippen molar-refractivity contribution in [2.45, 2.75) is 12.5 Å². The molecule has 0 fully saturated rings. The van der Waals surface area contributed by atoms with Gasteiger partial charge in [0.05, 0.1) is 11.7 Å². The second-order valence-corrected chi connectivity index (χ2v) is 7.37. The Kier molecular flexibility index (Phi) is 4.47. The summed E-state index contributed by atoms with van der Waals surface area (Å²) < 4.78 is 27.6. The Morgan fingerprint density at radius 3 is 2.50 bits per heavy atom. The number of rotatable bonds is 2. The number of amides is 2. The Hall–Kier alpha value is -3.67. The maximum Gasteiger partial charge on any atom is 0.322 e. The Morgan fingerprint density at radius 2 is 1.70 bits per heavy atom. The van der Waals surface area contributed by atoms with Gasteiger partial charge in [-0.1, -0.05) is 42.5 Å². The summed E-state index contributed by atoms with van der Waals surface area (Å²) in [6.45, 7) is 0.456. The molecule has 2 amide bonds. The summed E-state index contributed by atoms with van der Waals surface area (Å²) >= 11 is 0. The number of para-hydroxylation sites is 2. The zero-order valence-corrected chi connectivity index (χ0v) is 16.0. The van der Waals surface area contributed by atoms with Crippen molar-refractivity contribution in [3.63, 3.8) is 0 Å². The van der Waals surface area contributed by atoms with E-state index in [1.54, 1.807) is 29.2 Å². The fourth-order valence-electron chi connectivity index (χ4n) is 4.20. The van der Waals surface area contributed by atoms with Crippen LogP contribution in [0.2, 0.25) is 0 Å². The van der Waals surface area contributed by atoms with Crippen LogP contribution < -0.4 is 5.32 Å². The summed E-state index contributed by atoms with van der Waals surface area (Å²) in [5.74, 6) is -0.832. The highest BCUT2D eigenvalue weighted by atomic mass is 19.1. The third kappa shape index (κ3) is 3.10. The summed E-state index contributed by atoms with van der Waals surface area (Å²) in [6.07, 6.45) is 0.668. The molecule has 0 radical (unpaired) electrons. The number of nitrogens with zero attached hydrogens (tertiary/aromatic N) is 1. The SMILES string of the molecule is O=C(Nc1ccccc1F)N1CCc2c([nH]c3ccccc23)[C@H]1c1ccc(F)cc1. The number of carbonyl (C=O) groups excluding carboxylic acids is 1. The predicted octanol–water partition coefficient (Wildman–Crippen LogP) is 5.63. The van der Waals surface area contributed by atoms with Gasteiger partial charge in [0.25, 0.3) is 0 Å². The number of nitrogens with one attached hydrogen (secondary N) is 2. The lowest BCUT2D eigenvalue weighted by molar-refractivity contribution is 0.193. The lowest BCUT2D eigenvalue weighted by Gasteiger charge is -2.36. The monoisotopic (exact) mass is 403 g/mol. The van der Waals surface area contributed by atoms with Gasteiger partial charge in [-0.15, -0.1) is 0 Å². The Balaban J connectivity index is 1.59. The van der Waals surface area contributed by atoms with Crippen molar-refractivity contribution in [3.8, 4) is 0 Å². The van der Waals surface area contributed by atoms with Gasteiger partial charge in [0.2, 0.25) is 0 Å². The standard InChI is InChI=1S/C24H19F2N3O/c25-16-11-9-15(10-12-16)23-22-18(17-5-1-3-7-20(17)27-22)13-14-29(23)24(30)28-21-8-4-2-6-19(21)26/h1-12,23,27H,13-14H2,(H,28,30)/t23-/m1/s1. The first-order valence-electron chi connectivity index (χ1n) is 9.79. The fourth-order valence-corrected chi connectivity index (χ4v) is 4.20. The van der Waals surface area contributed by atoms with Gasteiger partial charge < -0.3 is 15.2 Å². The molecule has 2 N–H and O–H groups in total. The van der Waals surface area contributed by atoms with Crippen LogP contribution in [0, 0.1) is 11.6 Å². The molecule has 0 spiro atoms. The molecule has 0 saturated carbocycles. The fraction of sp³-hybridized carbons (Fsp3) is 0.125. The first kappa shape index (κ1) is 18.4. The number of anilines is 1. The number of fused-ring (bicyclic) bond motifs is 3. The van der Waals surface area contributed by atoms with Gasteiger partial charge in [-0.3, -0.25) is 0 Å². The molecule has 0 aliphatic carbocycles. The Labute approximate surface area is 172 Å². The maximum absolute atomic E-state index is 14.1. The lowest BCUT2D eigenvalue weighted by atomic mass is 9.92. The van der Waals surface area contributed by atoms with Gasteiger partial charge in [-0.2, -0.15) is 0 Å². The van der Waals surface area contributed by atoms with Crippen molar-refractivity contribution in [1.82, 2.24) is 9.88 Å². The van der Waals surface area contributed by atoms with E-state index < -0.39 is 17.9 Å². The minimum absolute atomic E-state index is 0.128. The van der Waals surface area contributed by atoms with Crippen LogP contribution in [-0.2, 0) is 6.42 Å². The third-order valence-electron chi connectivity index (χ3n) is 5.60. The van der Waals surface area contributed by atoms with E-state index in [0.717, 1.165) is 27.7 Å². The molecule has 6 heteroatoms. The normalized spacial score (nSPS) is 15.8. The number of aromatic nitrogens is 1. The van der Waals surface area contributed by atoms with E-state index in [1.807, 2.05) is 18.2 Å². The molecule has 1 aliphatic heterocycles. The quantitative estimate of drug-likeness (QED) is 0.448. The molecule has 150 valence electrons. The van der Waals surface area contributed by atoms with Crippen molar-refractivity contribution in [1.29, 1.82) is 0 Å². The van der Waals surface area contributed by atoms with Gasteiger partial charge >= 0.3 is 6.03 Å². The van der Waals surface area contributed by atoms with Gasteiger partial charge in [-0.25, -0.2) is 13.6 Å². The highest BCUT2D eigenvalue weighted by Gasteiger charge is 2.34. The minimum Gasteiger partial charge on any atom is -0.356 e. The highest BCUT2D eigenvalue weighted by Crippen LogP contribution is 2.38. The molecule has 4 aromatic rings.